The van der Waals surface area contributed by atoms with Crippen LogP contribution in [0, 0.1) is 20.0 Å². The molecule has 5 aromatic rings. The van der Waals surface area contributed by atoms with E-state index >= 15 is 0 Å². The van der Waals surface area contributed by atoms with Crippen molar-refractivity contribution in [2.45, 2.75) is 6.92 Å². The van der Waals surface area contributed by atoms with E-state index in [9.17, 15) is 0 Å². The van der Waals surface area contributed by atoms with Gasteiger partial charge in [0.25, 0.3) is 0 Å². The topological polar surface area (TPSA) is 58.3 Å². The first-order valence-corrected chi connectivity index (χ1v) is 9.66. The van der Waals surface area contributed by atoms with E-state index in [0.29, 0.717) is 5.71 Å². The first kappa shape index (κ1) is 17.0. The summed E-state index contributed by atoms with van der Waals surface area (Å²) in [5.74, 6) is 1.45. The van der Waals surface area contributed by atoms with Crippen LogP contribution in [0.2, 0.25) is 0 Å². The molecule has 0 unspecified atom stereocenters. The molecule has 1 aliphatic rings. The molecule has 0 saturated heterocycles. The number of hydrogen-bond donors (Lipinski definition) is 0. The fraction of sp³-hybridized carbons (Fsp3) is 0.0417. The van der Waals surface area contributed by atoms with Crippen LogP contribution < -0.4 is 9.80 Å². The van der Waals surface area contributed by atoms with Crippen LogP contribution in [0.4, 0.5) is 23.0 Å². The lowest BCUT2D eigenvalue weighted by Gasteiger charge is -2.28. The number of para-hydroxylation sites is 1. The van der Waals surface area contributed by atoms with Gasteiger partial charge in [0.05, 0.1) is 5.69 Å². The minimum Gasteiger partial charge on any atom is -0.435 e. The Kier molecular flexibility index (Phi) is 3.56. The van der Waals surface area contributed by atoms with Gasteiger partial charge in [-0.25, -0.2) is 15.0 Å². The van der Waals surface area contributed by atoms with Crippen LogP contribution in [0.15, 0.2) is 77.6 Å². The van der Waals surface area contributed by atoms with E-state index in [4.69, 9.17) is 4.42 Å². The largest absolute Gasteiger partial charge is 0.435 e. The second-order valence-corrected chi connectivity index (χ2v) is 7.19. The molecule has 0 atom stereocenters. The predicted molar refractivity (Wildman–Crippen MR) is 118 cm³/mol. The molecule has 30 heavy (non-hydrogen) atoms. The Morgan fingerprint density at radius 3 is 2.33 bits per heavy atom. The molecule has 0 bridgehead atoms. The summed E-state index contributed by atoms with van der Waals surface area (Å²) in [6, 6.07) is 18.2. The number of anilines is 4. The highest BCUT2D eigenvalue weighted by atomic mass is 16.3. The van der Waals surface area contributed by atoms with Crippen LogP contribution in [-0.2, 0) is 0 Å². The minimum atomic E-state index is 0.614. The van der Waals surface area contributed by atoms with E-state index in [2.05, 4.69) is 40.9 Å². The molecule has 0 saturated carbocycles. The molecule has 3 aromatic heterocycles. The van der Waals surface area contributed by atoms with E-state index in [1.165, 1.54) is 0 Å². The van der Waals surface area contributed by atoms with Gasteiger partial charge in [0.15, 0.2) is 23.4 Å². The Bertz CT molecular complexity index is 1400. The molecule has 1 aliphatic heterocycles. The average molecular weight is 391 g/mol. The summed E-state index contributed by atoms with van der Waals surface area (Å²) in [6.07, 6.45) is 5.88. The molecule has 6 nitrogen and oxygen atoms in total. The van der Waals surface area contributed by atoms with Gasteiger partial charge in [-0.2, -0.15) is 0 Å². The number of rotatable bonds is 2. The van der Waals surface area contributed by atoms with Crippen molar-refractivity contribution in [1.82, 2.24) is 15.0 Å². The van der Waals surface area contributed by atoms with Crippen molar-refractivity contribution in [2.75, 3.05) is 9.80 Å². The summed E-state index contributed by atoms with van der Waals surface area (Å²) in [5, 5.41) is 1.99. The Hall–Kier alpha value is -3.93. The molecule has 0 aliphatic carbocycles. The summed E-state index contributed by atoms with van der Waals surface area (Å²) in [4.78, 5) is 17.7. The van der Waals surface area contributed by atoms with Crippen molar-refractivity contribution in [3.05, 3.63) is 91.8 Å². The summed E-state index contributed by atoms with van der Waals surface area (Å²) in [5.41, 5.74) is 4.30. The molecule has 2 radical (unpaired) electrons. The van der Waals surface area contributed by atoms with Gasteiger partial charge in [-0.3, -0.25) is 9.80 Å². The van der Waals surface area contributed by atoms with Gasteiger partial charge in [-0.15, -0.1) is 0 Å². The number of pyridine rings is 1. The highest BCUT2D eigenvalue weighted by Gasteiger charge is 2.40. The van der Waals surface area contributed by atoms with Crippen LogP contribution in [0.3, 0.4) is 0 Å². The number of fused-ring (bicyclic) bond motifs is 4. The maximum Gasteiger partial charge on any atom is 0.227 e. The van der Waals surface area contributed by atoms with Crippen molar-refractivity contribution in [3.8, 4) is 0 Å². The van der Waals surface area contributed by atoms with Gasteiger partial charge in [0, 0.05) is 35.1 Å². The maximum absolute atomic E-state index is 6.22. The van der Waals surface area contributed by atoms with E-state index in [1.807, 2.05) is 52.3 Å². The predicted octanol–water partition coefficient (Wildman–Crippen LogP) is 5.69. The fourth-order valence-electron chi connectivity index (χ4n) is 4.10. The zero-order chi connectivity index (χ0) is 20.2. The molecule has 0 spiro atoms. The second kappa shape index (κ2) is 6.29. The third-order valence-corrected chi connectivity index (χ3v) is 5.43. The van der Waals surface area contributed by atoms with Crippen molar-refractivity contribution in [3.63, 3.8) is 0 Å². The van der Waals surface area contributed by atoms with Gasteiger partial charge in [-0.05, 0) is 43.7 Å². The summed E-state index contributed by atoms with van der Waals surface area (Å²) in [6.45, 7) is 6.46. The van der Waals surface area contributed by atoms with E-state index in [-0.39, 0.29) is 0 Å². The number of aromatic nitrogens is 3. The lowest BCUT2D eigenvalue weighted by molar-refractivity contribution is 0.653. The molecule has 6 heteroatoms. The smallest absolute Gasteiger partial charge is 0.227 e. The minimum absolute atomic E-state index is 0.614. The van der Waals surface area contributed by atoms with Crippen molar-refractivity contribution in [2.24, 2.45) is 0 Å². The third kappa shape index (κ3) is 2.27. The van der Waals surface area contributed by atoms with Gasteiger partial charge >= 0.3 is 0 Å². The summed E-state index contributed by atoms with van der Waals surface area (Å²) < 4.78 is 6.22. The van der Waals surface area contributed by atoms with Crippen LogP contribution in [0.25, 0.3) is 22.1 Å². The quantitative estimate of drug-likeness (QED) is 0.385. The molecule has 0 fully saturated rings. The number of hydrogen-bond acceptors (Lipinski definition) is 6. The molecular formula is C24H17N5O. The molecule has 0 N–H and O–H groups in total. The molecule has 144 valence electrons. The Morgan fingerprint density at radius 1 is 0.767 bits per heavy atom. The highest BCUT2D eigenvalue weighted by molar-refractivity contribution is 6.10. The number of benzene rings is 2. The standard InChI is InChI=1S/C24H17N5O/c1-15-10-11-18-19-9-6-12-27-24(19)30-21(18)20(15)29-16(2)28(17-7-4-3-5-8-17)22-23(29)26-14-13-25-22/h3-14H,2H2,1H3. The van der Waals surface area contributed by atoms with Crippen molar-refractivity contribution < 1.29 is 4.42 Å². The molecule has 6 rings (SSSR count). The van der Waals surface area contributed by atoms with Gasteiger partial charge in [0.1, 0.15) is 0 Å². The van der Waals surface area contributed by atoms with E-state index in [0.717, 1.165) is 51.1 Å². The molecular weight excluding hydrogens is 374 g/mol. The maximum atomic E-state index is 6.22. The Labute approximate surface area is 173 Å². The van der Waals surface area contributed by atoms with Gasteiger partial charge in [-0.1, -0.05) is 30.3 Å². The SMILES string of the molecule is [CH2][C]1N(c2ccccc2)c2nccnc2N1c1c(C)ccc2c1oc1ncccc12. The molecule has 4 heterocycles. The Balaban J connectivity index is 1.63. The van der Waals surface area contributed by atoms with E-state index in [1.54, 1.807) is 18.6 Å². The number of aryl methyl sites for hydroxylation is 1. The summed E-state index contributed by atoms with van der Waals surface area (Å²) >= 11 is 0. The summed E-state index contributed by atoms with van der Waals surface area (Å²) in [7, 11) is 0. The fourth-order valence-corrected chi connectivity index (χ4v) is 4.10. The highest BCUT2D eigenvalue weighted by Crippen LogP contribution is 2.51. The zero-order valence-corrected chi connectivity index (χ0v) is 16.3. The zero-order valence-electron chi connectivity index (χ0n) is 16.3. The molecule has 2 aromatic carbocycles. The normalized spacial score (nSPS) is 14.1. The van der Waals surface area contributed by atoms with Crippen molar-refractivity contribution >= 4 is 45.1 Å². The first-order valence-electron chi connectivity index (χ1n) is 9.66. The van der Waals surface area contributed by atoms with Crippen LogP contribution in [-0.4, -0.2) is 15.0 Å². The Morgan fingerprint density at radius 2 is 1.53 bits per heavy atom. The van der Waals surface area contributed by atoms with Crippen molar-refractivity contribution in [1.29, 1.82) is 0 Å². The van der Waals surface area contributed by atoms with Gasteiger partial charge in [0.2, 0.25) is 5.71 Å². The van der Waals surface area contributed by atoms with Crippen LogP contribution >= 0.6 is 0 Å². The monoisotopic (exact) mass is 391 g/mol. The second-order valence-electron chi connectivity index (χ2n) is 7.19. The average Bonchev–Trinajstić information content (AvgIpc) is 3.29. The third-order valence-electron chi connectivity index (χ3n) is 5.43. The van der Waals surface area contributed by atoms with E-state index < -0.39 is 0 Å². The van der Waals surface area contributed by atoms with Gasteiger partial charge < -0.3 is 4.42 Å². The van der Waals surface area contributed by atoms with Crippen LogP contribution in [0.5, 0.6) is 0 Å². The number of nitrogens with zero attached hydrogens (tertiary/aromatic N) is 5. The lowest BCUT2D eigenvalue weighted by Crippen LogP contribution is -2.28. The van der Waals surface area contributed by atoms with Crippen LogP contribution in [0.1, 0.15) is 5.56 Å². The molecule has 0 amide bonds. The lowest BCUT2D eigenvalue weighted by atomic mass is 10.1. The number of furan rings is 1. The first-order chi connectivity index (χ1) is 14.7.